The molecule has 30 heavy (non-hydrogen) atoms. The van der Waals surface area contributed by atoms with Crippen molar-refractivity contribution in [3.05, 3.63) is 20.8 Å². The van der Waals surface area contributed by atoms with E-state index in [-0.39, 0.29) is 11.5 Å². The highest BCUT2D eigenvalue weighted by Gasteiger charge is 2.26. The van der Waals surface area contributed by atoms with Crippen LogP contribution in [0.3, 0.4) is 0 Å². The Morgan fingerprint density at radius 3 is 2.70 bits per heavy atom. The quantitative estimate of drug-likeness (QED) is 0.498. The molecule has 0 spiro atoms. The number of piperidine rings is 1. The van der Waals surface area contributed by atoms with Gasteiger partial charge in [0.05, 0.1) is 24.3 Å². The number of aromatic nitrogens is 2. The Morgan fingerprint density at radius 2 is 1.97 bits per heavy atom. The third-order valence-electron chi connectivity index (χ3n) is 6.11. The fourth-order valence-electron chi connectivity index (χ4n) is 4.79. The Balaban J connectivity index is 1.60. The summed E-state index contributed by atoms with van der Waals surface area (Å²) in [6.07, 6.45) is 5.50. The number of fused-ring (bicyclic) bond motifs is 3. The molecule has 2 unspecified atom stereocenters. The molecule has 1 fully saturated rings. The minimum Gasteiger partial charge on any atom is -0.383 e. The van der Waals surface area contributed by atoms with Gasteiger partial charge in [0.2, 0.25) is 5.91 Å². The van der Waals surface area contributed by atoms with Gasteiger partial charge in [-0.05, 0) is 49.5 Å². The maximum atomic E-state index is 13.4. The second-order valence-electron chi connectivity index (χ2n) is 8.77. The second-order valence-corrected chi connectivity index (χ2v) is 10.8. The van der Waals surface area contributed by atoms with E-state index in [1.54, 1.807) is 23.0 Å². The number of carbonyl (C=O) groups excluding carboxylic acids is 1. The van der Waals surface area contributed by atoms with Gasteiger partial charge in [-0.3, -0.25) is 14.2 Å². The number of likely N-dealkylation sites (tertiary alicyclic amines) is 1. The first-order chi connectivity index (χ1) is 14.5. The summed E-state index contributed by atoms with van der Waals surface area (Å²) in [5.74, 6) is 1.52. The van der Waals surface area contributed by atoms with Crippen LogP contribution < -0.4 is 5.56 Å². The van der Waals surface area contributed by atoms with Crippen molar-refractivity contribution >= 4 is 39.2 Å². The number of aryl methyl sites for hydroxylation is 2. The van der Waals surface area contributed by atoms with Crippen LogP contribution in [0.1, 0.15) is 43.6 Å². The van der Waals surface area contributed by atoms with Crippen molar-refractivity contribution < 1.29 is 9.53 Å². The lowest BCUT2D eigenvalue weighted by Gasteiger charge is -2.35. The molecule has 1 aliphatic heterocycles. The summed E-state index contributed by atoms with van der Waals surface area (Å²) >= 11 is 3.05. The average molecular weight is 450 g/mol. The first-order valence-corrected chi connectivity index (χ1v) is 12.7. The summed E-state index contributed by atoms with van der Waals surface area (Å²) in [5.41, 5.74) is 1.22. The molecule has 0 saturated carbocycles. The Hall–Kier alpha value is -1.38. The summed E-state index contributed by atoms with van der Waals surface area (Å²) in [6, 6.07) is 0. The van der Waals surface area contributed by atoms with Crippen LogP contribution >= 0.6 is 23.1 Å². The van der Waals surface area contributed by atoms with Crippen molar-refractivity contribution in [1.29, 1.82) is 0 Å². The molecule has 0 N–H and O–H groups in total. The standard InChI is InChI=1S/C22H31N3O3S2/c1-14-10-15(2)12-24(11-14)18(26)13-29-22-23-20-19(21(27)25(22)8-9-28-3)16-6-4-5-7-17(16)30-20/h14-15H,4-13H2,1-3H3. The van der Waals surface area contributed by atoms with E-state index in [4.69, 9.17) is 9.72 Å². The van der Waals surface area contributed by atoms with Gasteiger partial charge in [0.15, 0.2) is 5.16 Å². The van der Waals surface area contributed by atoms with Crippen LogP contribution in [0.2, 0.25) is 0 Å². The van der Waals surface area contributed by atoms with Crippen LogP contribution in [0, 0.1) is 11.8 Å². The molecule has 4 rings (SSSR count). The maximum Gasteiger partial charge on any atom is 0.263 e. The molecule has 2 aliphatic rings. The lowest BCUT2D eigenvalue weighted by Crippen LogP contribution is -2.43. The fourth-order valence-corrected chi connectivity index (χ4v) is 7.02. The minimum absolute atomic E-state index is 0.0200. The number of rotatable bonds is 6. The Kier molecular flexibility index (Phi) is 6.85. The number of nitrogens with zero attached hydrogens (tertiary/aromatic N) is 3. The predicted molar refractivity (Wildman–Crippen MR) is 123 cm³/mol. The van der Waals surface area contributed by atoms with Gasteiger partial charge in [0.1, 0.15) is 4.83 Å². The number of thioether (sulfide) groups is 1. The zero-order chi connectivity index (χ0) is 21.3. The Morgan fingerprint density at radius 1 is 1.23 bits per heavy atom. The number of methoxy groups -OCH3 is 1. The molecule has 0 bridgehead atoms. The van der Waals surface area contributed by atoms with E-state index in [1.807, 2.05) is 4.90 Å². The van der Waals surface area contributed by atoms with Gasteiger partial charge in [-0.25, -0.2) is 4.98 Å². The lowest BCUT2D eigenvalue weighted by molar-refractivity contribution is -0.130. The van der Waals surface area contributed by atoms with E-state index in [1.165, 1.54) is 35.0 Å². The number of thiophene rings is 1. The largest absolute Gasteiger partial charge is 0.383 e. The normalized spacial score (nSPS) is 21.8. The second kappa shape index (κ2) is 9.40. The highest BCUT2D eigenvalue weighted by Crippen LogP contribution is 2.34. The molecular formula is C22H31N3O3S2. The van der Waals surface area contributed by atoms with E-state index in [2.05, 4.69) is 13.8 Å². The van der Waals surface area contributed by atoms with Crippen molar-refractivity contribution in [2.45, 2.75) is 57.7 Å². The predicted octanol–water partition coefficient (Wildman–Crippen LogP) is 3.58. The van der Waals surface area contributed by atoms with E-state index in [9.17, 15) is 9.59 Å². The van der Waals surface area contributed by atoms with Crippen LogP contribution in [0.15, 0.2) is 9.95 Å². The van der Waals surface area contributed by atoms with Crippen LogP contribution in [0.4, 0.5) is 0 Å². The van der Waals surface area contributed by atoms with E-state index in [0.717, 1.165) is 42.6 Å². The molecule has 1 saturated heterocycles. The summed E-state index contributed by atoms with van der Waals surface area (Å²) in [4.78, 5) is 35.2. The van der Waals surface area contributed by atoms with E-state index < -0.39 is 0 Å². The summed E-state index contributed by atoms with van der Waals surface area (Å²) in [6.45, 7) is 6.97. The van der Waals surface area contributed by atoms with Gasteiger partial charge in [-0.15, -0.1) is 11.3 Å². The molecule has 164 valence electrons. The van der Waals surface area contributed by atoms with Crippen molar-refractivity contribution in [2.24, 2.45) is 11.8 Å². The molecule has 6 nitrogen and oxygen atoms in total. The zero-order valence-electron chi connectivity index (χ0n) is 18.1. The van der Waals surface area contributed by atoms with Gasteiger partial charge in [0, 0.05) is 25.1 Å². The summed E-state index contributed by atoms with van der Waals surface area (Å²) in [5, 5.41) is 1.43. The Labute approximate surface area is 186 Å². The van der Waals surface area contributed by atoms with Gasteiger partial charge in [-0.1, -0.05) is 25.6 Å². The molecule has 1 amide bonds. The number of amides is 1. The van der Waals surface area contributed by atoms with Crippen molar-refractivity contribution in [1.82, 2.24) is 14.5 Å². The number of hydrogen-bond donors (Lipinski definition) is 0. The van der Waals surface area contributed by atoms with Crippen molar-refractivity contribution in [2.75, 3.05) is 32.6 Å². The molecule has 2 aromatic rings. The van der Waals surface area contributed by atoms with Gasteiger partial charge < -0.3 is 9.64 Å². The molecule has 1 aliphatic carbocycles. The summed E-state index contributed by atoms with van der Waals surface area (Å²) < 4.78 is 6.95. The number of carbonyl (C=O) groups is 1. The van der Waals surface area contributed by atoms with E-state index >= 15 is 0 Å². The molecule has 2 atom stereocenters. The van der Waals surface area contributed by atoms with Crippen LogP contribution in [0.25, 0.3) is 10.2 Å². The minimum atomic E-state index is 0.0200. The molecule has 0 aromatic carbocycles. The Bertz CT molecular complexity index is 974. The van der Waals surface area contributed by atoms with Gasteiger partial charge in [-0.2, -0.15) is 0 Å². The van der Waals surface area contributed by atoms with Crippen LogP contribution in [-0.2, 0) is 28.9 Å². The molecule has 2 aromatic heterocycles. The van der Waals surface area contributed by atoms with Crippen molar-refractivity contribution in [3.8, 4) is 0 Å². The van der Waals surface area contributed by atoms with Crippen LogP contribution in [-0.4, -0.2) is 52.9 Å². The fraction of sp³-hybridized carbons (Fsp3) is 0.682. The maximum absolute atomic E-state index is 13.4. The molecule has 3 heterocycles. The third kappa shape index (κ3) is 4.46. The van der Waals surface area contributed by atoms with Gasteiger partial charge in [0.25, 0.3) is 5.56 Å². The van der Waals surface area contributed by atoms with Gasteiger partial charge >= 0.3 is 0 Å². The molecular weight excluding hydrogens is 418 g/mol. The molecule has 0 radical (unpaired) electrons. The van der Waals surface area contributed by atoms with E-state index in [0.29, 0.717) is 35.9 Å². The smallest absolute Gasteiger partial charge is 0.263 e. The number of ether oxygens (including phenoxy) is 1. The third-order valence-corrected chi connectivity index (χ3v) is 8.25. The monoisotopic (exact) mass is 449 g/mol. The SMILES string of the molecule is COCCn1c(SCC(=O)N2CC(C)CC(C)C2)nc2sc3c(c2c1=O)CCCC3. The highest BCUT2D eigenvalue weighted by molar-refractivity contribution is 7.99. The first-order valence-electron chi connectivity index (χ1n) is 10.9. The zero-order valence-corrected chi connectivity index (χ0v) is 19.7. The molecule has 8 heteroatoms. The summed E-state index contributed by atoms with van der Waals surface area (Å²) in [7, 11) is 1.64. The average Bonchev–Trinajstić information content (AvgIpc) is 3.09. The first kappa shape index (κ1) is 21.8. The highest BCUT2D eigenvalue weighted by atomic mass is 32.2. The van der Waals surface area contributed by atoms with Crippen molar-refractivity contribution in [3.63, 3.8) is 0 Å². The topological polar surface area (TPSA) is 64.4 Å². The lowest BCUT2D eigenvalue weighted by atomic mass is 9.92. The van der Waals surface area contributed by atoms with Crippen LogP contribution in [0.5, 0.6) is 0 Å². The number of hydrogen-bond acceptors (Lipinski definition) is 6.